The predicted molar refractivity (Wildman–Crippen MR) is 69.0 cm³/mol. The second-order valence-corrected chi connectivity index (χ2v) is 5.56. The first kappa shape index (κ1) is 19.4. The average Bonchev–Trinajstić information content (AvgIpc) is 2.43. The number of hydrogen-bond acceptors (Lipinski definition) is 7. The molecule has 0 aromatic carbocycles. The Morgan fingerprint density at radius 2 is 2.04 bits per heavy atom. The van der Waals surface area contributed by atoms with E-state index in [1.54, 1.807) is 0 Å². The highest BCUT2D eigenvalue weighted by molar-refractivity contribution is 7.80. The van der Waals surface area contributed by atoms with Gasteiger partial charge in [-0.05, 0) is 0 Å². The van der Waals surface area contributed by atoms with Crippen LogP contribution in [0.4, 0.5) is 13.6 Å². The Bertz CT molecular complexity index is 544. The van der Waals surface area contributed by atoms with Crippen LogP contribution in [-0.4, -0.2) is 61.5 Å². The molecule has 5 N–H and O–H groups in total. The zero-order chi connectivity index (χ0) is 17.7. The molecular formula is C9H16F2N4O7S. The Balaban J connectivity index is 2.76. The molecule has 0 radical (unpaired) electrons. The van der Waals surface area contributed by atoms with E-state index in [1.807, 2.05) is 5.48 Å². The van der Waals surface area contributed by atoms with Crippen molar-refractivity contribution in [1.82, 2.24) is 15.9 Å². The van der Waals surface area contributed by atoms with E-state index in [0.29, 0.717) is 4.90 Å². The third-order valence-electron chi connectivity index (χ3n) is 2.78. The van der Waals surface area contributed by atoms with Gasteiger partial charge in [0.1, 0.15) is 6.04 Å². The summed E-state index contributed by atoms with van der Waals surface area (Å²) in [6.07, 6.45) is -1.73. The van der Waals surface area contributed by atoms with Crippen LogP contribution < -0.4 is 16.7 Å². The Morgan fingerprint density at radius 1 is 1.39 bits per heavy atom. The van der Waals surface area contributed by atoms with Crippen molar-refractivity contribution in [2.45, 2.75) is 24.8 Å². The Hall–Kier alpha value is -1.61. The molecule has 1 aliphatic heterocycles. The van der Waals surface area contributed by atoms with Gasteiger partial charge in [0.2, 0.25) is 0 Å². The van der Waals surface area contributed by atoms with Crippen LogP contribution in [0.2, 0.25) is 0 Å². The first-order valence-electron chi connectivity index (χ1n) is 6.28. The van der Waals surface area contributed by atoms with Crippen molar-refractivity contribution in [3.8, 4) is 0 Å². The van der Waals surface area contributed by atoms with Crippen molar-refractivity contribution in [2.24, 2.45) is 5.73 Å². The molecule has 0 unspecified atom stereocenters. The van der Waals surface area contributed by atoms with Gasteiger partial charge in [-0.3, -0.25) is 14.2 Å². The molecule has 1 heterocycles. The molecule has 134 valence electrons. The maximum Gasteiger partial charge on any atom is 0.418 e. The fourth-order valence-electron chi connectivity index (χ4n) is 1.81. The summed E-state index contributed by atoms with van der Waals surface area (Å²) in [4.78, 5) is 28.8. The highest BCUT2D eigenvalue weighted by atomic mass is 32.3. The first-order chi connectivity index (χ1) is 10.6. The van der Waals surface area contributed by atoms with Gasteiger partial charge in [-0.25, -0.2) is 19.1 Å². The lowest BCUT2D eigenvalue weighted by Crippen LogP contribution is -2.58. The summed E-state index contributed by atoms with van der Waals surface area (Å²) in [5, 5.41) is 0. The minimum atomic E-state index is -4.98. The zero-order valence-corrected chi connectivity index (χ0v) is 12.5. The standard InChI is InChI=1S/C9H16F2N4O7S/c10-9(11)1-3-15(8(17)14-22-23(18,19)20)6(5-9)7(16)13-21-4-2-12/h6H,1-5,12H2,(H,13,16)(H,14,17)(H,18,19,20)/t6-/m0/s1. The number of urea groups is 1. The maximum atomic E-state index is 13.4. The Morgan fingerprint density at radius 3 is 2.61 bits per heavy atom. The number of nitrogens with two attached hydrogens (primary N) is 1. The number of hydroxylamine groups is 2. The third-order valence-corrected chi connectivity index (χ3v) is 3.07. The fraction of sp³-hybridized carbons (Fsp3) is 0.778. The van der Waals surface area contributed by atoms with Crippen LogP contribution >= 0.6 is 0 Å². The van der Waals surface area contributed by atoms with Gasteiger partial charge in [0.25, 0.3) is 11.8 Å². The third kappa shape index (κ3) is 6.57. The Labute approximate surface area is 129 Å². The molecular weight excluding hydrogens is 346 g/mol. The maximum absolute atomic E-state index is 13.4. The number of carbonyl (C=O) groups is 2. The van der Waals surface area contributed by atoms with Crippen molar-refractivity contribution in [3.05, 3.63) is 0 Å². The number of likely N-dealkylation sites (tertiary alicyclic amines) is 1. The van der Waals surface area contributed by atoms with E-state index >= 15 is 0 Å². The molecule has 23 heavy (non-hydrogen) atoms. The van der Waals surface area contributed by atoms with Crippen LogP contribution in [0.25, 0.3) is 0 Å². The quantitative estimate of drug-likeness (QED) is 0.253. The van der Waals surface area contributed by atoms with E-state index < -0.39 is 53.7 Å². The molecule has 1 fully saturated rings. The smallest absolute Gasteiger partial charge is 0.328 e. The lowest BCUT2D eigenvalue weighted by molar-refractivity contribution is -0.146. The number of nitrogens with one attached hydrogen (secondary N) is 2. The SMILES string of the molecule is NCCONC(=O)[C@@H]1CC(F)(F)CCN1C(=O)NOS(=O)(=O)O. The van der Waals surface area contributed by atoms with E-state index in [0.717, 1.165) is 0 Å². The number of halogens is 2. The van der Waals surface area contributed by atoms with Crippen molar-refractivity contribution in [3.63, 3.8) is 0 Å². The van der Waals surface area contributed by atoms with Crippen LogP contribution in [0.5, 0.6) is 0 Å². The number of piperidine rings is 1. The van der Waals surface area contributed by atoms with Crippen molar-refractivity contribution in [2.75, 3.05) is 19.7 Å². The van der Waals surface area contributed by atoms with Crippen molar-refractivity contribution < 1.29 is 40.5 Å². The largest absolute Gasteiger partial charge is 0.418 e. The normalized spacial score (nSPS) is 20.9. The van der Waals surface area contributed by atoms with Gasteiger partial charge in [0.05, 0.1) is 6.61 Å². The lowest BCUT2D eigenvalue weighted by atomic mass is 9.98. The first-order valence-corrected chi connectivity index (χ1v) is 7.64. The Kier molecular flexibility index (Phi) is 6.57. The van der Waals surface area contributed by atoms with Gasteiger partial charge in [0, 0.05) is 25.9 Å². The average molecular weight is 362 g/mol. The molecule has 11 nitrogen and oxygen atoms in total. The summed E-state index contributed by atoms with van der Waals surface area (Å²) in [6, 6.07) is -2.93. The van der Waals surface area contributed by atoms with E-state index in [-0.39, 0.29) is 13.2 Å². The van der Waals surface area contributed by atoms with E-state index in [2.05, 4.69) is 9.12 Å². The summed E-state index contributed by atoms with van der Waals surface area (Å²) in [6.45, 7) is -0.566. The van der Waals surface area contributed by atoms with Crippen LogP contribution in [0, 0.1) is 0 Å². The highest BCUT2D eigenvalue weighted by Gasteiger charge is 2.45. The van der Waals surface area contributed by atoms with Gasteiger partial charge < -0.3 is 10.6 Å². The molecule has 3 amide bonds. The summed E-state index contributed by atoms with van der Waals surface area (Å²) in [5.74, 6) is -4.24. The lowest BCUT2D eigenvalue weighted by Gasteiger charge is -2.37. The van der Waals surface area contributed by atoms with Gasteiger partial charge in [-0.15, -0.1) is 4.28 Å². The molecule has 1 saturated heterocycles. The molecule has 14 heteroatoms. The summed E-state index contributed by atoms with van der Waals surface area (Å²) >= 11 is 0. The number of alkyl halides is 2. The molecule has 0 bridgehead atoms. The summed E-state index contributed by atoms with van der Waals surface area (Å²) < 4.78 is 59.7. The second kappa shape index (κ2) is 7.78. The number of hydrogen-bond donors (Lipinski definition) is 4. The molecule has 1 rings (SSSR count). The van der Waals surface area contributed by atoms with Gasteiger partial charge in [0.15, 0.2) is 0 Å². The van der Waals surface area contributed by atoms with Crippen LogP contribution in [0.15, 0.2) is 0 Å². The zero-order valence-electron chi connectivity index (χ0n) is 11.7. The minimum Gasteiger partial charge on any atom is -0.328 e. The van der Waals surface area contributed by atoms with Crippen molar-refractivity contribution >= 4 is 22.3 Å². The number of nitrogens with zero attached hydrogens (tertiary/aromatic N) is 1. The monoisotopic (exact) mass is 362 g/mol. The van der Waals surface area contributed by atoms with Gasteiger partial charge in [-0.2, -0.15) is 13.9 Å². The van der Waals surface area contributed by atoms with Crippen molar-refractivity contribution in [1.29, 1.82) is 0 Å². The molecule has 1 atom stereocenters. The number of rotatable bonds is 6. The van der Waals surface area contributed by atoms with Gasteiger partial charge >= 0.3 is 16.4 Å². The molecule has 0 aromatic rings. The van der Waals surface area contributed by atoms with E-state index in [4.69, 9.17) is 10.3 Å². The van der Waals surface area contributed by atoms with E-state index in [9.17, 15) is 26.8 Å². The molecule has 0 aromatic heterocycles. The molecule has 0 aliphatic carbocycles. The fourth-order valence-corrected chi connectivity index (χ4v) is 1.98. The topological polar surface area (TPSA) is 160 Å². The van der Waals surface area contributed by atoms with Crippen LogP contribution in [0.1, 0.15) is 12.8 Å². The number of amides is 3. The molecule has 1 aliphatic rings. The summed E-state index contributed by atoms with van der Waals surface area (Å²) in [5.41, 5.74) is 8.33. The molecule has 0 saturated carbocycles. The van der Waals surface area contributed by atoms with Gasteiger partial charge in [-0.1, -0.05) is 0 Å². The summed E-state index contributed by atoms with van der Waals surface area (Å²) in [7, 11) is -4.98. The van der Waals surface area contributed by atoms with Crippen LogP contribution in [-0.2, 0) is 24.3 Å². The molecule has 0 spiro atoms. The number of carbonyl (C=O) groups excluding carboxylic acids is 2. The minimum absolute atomic E-state index is 0.0630. The predicted octanol–water partition coefficient (Wildman–Crippen LogP) is -1.46. The highest BCUT2D eigenvalue weighted by Crippen LogP contribution is 2.32. The second-order valence-electron chi connectivity index (χ2n) is 4.54. The van der Waals surface area contributed by atoms with E-state index in [1.165, 1.54) is 5.48 Å². The van der Waals surface area contributed by atoms with Crippen LogP contribution in [0.3, 0.4) is 0 Å².